The first-order valence-electron chi connectivity index (χ1n) is 9.09. The van der Waals surface area contributed by atoms with Gasteiger partial charge >= 0.3 is 0 Å². The first-order chi connectivity index (χ1) is 12.8. The molecule has 0 unspecified atom stereocenters. The third-order valence-corrected chi connectivity index (χ3v) is 5.39. The van der Waals surface area contributed by atoms with Crippen LogP contribution in [0.3, 0.4) is 0 Å². The molecule has 26 heavy (non-hydrogen) atoms. The summed E-state index contributed by atoms with van der Waals surface area (Å²) in [4.78, 5) is 2.47. The van der Waals surface area contributed by atoms with E-state index < -0.39 is 0 Å². The molecule has 1 fully saturated rings. The van der Waals surface area contributed by atoms with Crippen LogP contribution >= 0.6 is 15.9 Å². The zero-order chi connectivity index (χ0) is 18.2. The smallest absolute Gasteiger partial charge is 0.161 e. The lowest BCUT2D eigenvalue weighted by molar-refractivity contribution is 0.0374. The Kier molecular flexibility index (Phi) is 7.35. The SMILES string of the molecule is COc1cc(CCCN2CCOCC2)ccc1OCc1ccccc1Br. The highest BCUT2D eigenvalue weighted by molar-refractivity contribution is 9.10. The topological polar surface area (TPSA) is 30.9 Å². The van der Waals surface area contributed by atoms with Gasteiger partial charge in [-0.1, -0.05) is 40.2 Å². The maximum atomic E-state index is 5.97. The maximum absolute atomic E-state index is 5.97. The van der Waals surface area contributed by atoms with Gasteiger partial charge in [-0.3, -0.25) is 4.90 Å². The molecule has 2 aromatic carbocycles. The molecule has 0 bridgehead atoms. The quantitative estimate of drug-likeness (QED) is 0.637. The number of rotatable bonds is 8. The number of hydrogen-bond donors (Lipinski definition) is 0. The highest BCUT2D eigenvalue weighted by Gasteiger charge is 2.11. The van der Waals surface area contributed by atoms with E-state index in [2.05, 4.69) is 39.0 Å². The summed E-state index contributed by atoms with van der Waals surface area (Å²) < 4.78 is 18.0. The van der Waals surface area contributed by atoms with Gasteiger partial charge in [0.05, 0.1) is 20.3 Å². The van der Waals surface area contributed by atoms with Crippen molar-refractivity contribution in [1.29, 1.82) is 0 Å². The second-order valence-electron chi connectivity index (χ2n) is 6.42. The molecule has 3 rings (SSSR count). The van der Waals surface area contributed by atoms with E-state index in [0.717, 1.165) is 67.2 Å². The van der Waals surface area contributed by atoms with Crippen LogP contribution < -0.4 is 9.47 Å². The molecule has 140 valence electrons. The Labute approximate surface area is 164 Å². The lowest BCUT2D eigenvalue weighted by atomic mass is 10.1. The van der Waals surface area contributed by atoms with Crippen molar-refractivity contribution in [3.8, 4) is 11.5 Å². The van der Waals surface area contributed by atoms with Crippen molar-refractivity contribution in [3.05, 3.63) is 58.1 Å². The van der Waals surface area contributed by atoms with Crippen LogP contribution in [0.1, 0.15) is 17.5 Å². The molecule has 0 amide bonds. The van der Waals surface area contributed by atoms with Crippen LogP contribution in [0.25, 0.3) is 0 Å². The van der Waals surface area contributed by atoms with E-state index in [9.17, 15) is 0 Å². The summed E-state index contributed by atoms with van der Waals surface area (Å²) >= 11 is 3.56. The van der Waals surface area contributed by atoms with Gasteiger partial charge in [0.1, 0.15) is 6.61 Å². The Morgan fingerprint density at radius 2 is 1.88 bits per heavy atom. The average molecular weight is 420 g/mol. The molecule has 5 heteroatoms. The Morgan fingerprint density at radius 1 is 1.08 bits per heavy atom. The zero-order valence-electron chi connectivity index (χ0n) is 15.2. The minimum absolute atomic E-state index is 0.508. The third-order valence-electron chi connectivity index (χ3n) is 4.61. The Morgan fingerprint density at radius 3 is 2.65 bits per heavy atom. The zero-order valence-corrected chi connectivity index (χ0v) is 16.8. The van der Waals surface area contributed by atoms with Crippen molar-refractivity contribution in [2.24, 2.45) is 0 Å². The molecule has 0 aliphatic carbocycles. The fourth-order valence-corrected chi connectivity index (χ4v) is 3.49. The number of ether oxygens (including phenoxy) is 3. The summed E-state index contributed by atoms with van der Waals surface area (Å²) in [5.74, 6) is 1.57. The van der Waals surface area contributed by atoms with E-state index >= 15 is 0 Å². The summed E-state index contributed by atoms with van der Waals surface area (Å²) in [7, 11) is 1.69. The molecule has 4 nitrogen and oxygen atoms in total. The molecular weight excluding hydrogens is 394 g/mol. The normalized spacial score (nSPS) is 15.0. The Hall–Kier alpha value is -1.56. The number of aryl methyl sites for hydroxylation is 1. The second-order valence-corrected chi connectivity index (χ2v) is 7.28. The average Bonchev–Trinajstić information content (AvgIpc) is 2.68. The van der Waals surface area contributed by atoms with Crippen molar-refractivity contribution in [1.82, 2.24) is 4.90 Å². The standard InChI is InChI=1S/C21H26BrNO3/c1-24-21-15-17(5-4-10-23-11-13-25-14-12-23)8-9-20(21)26-16-18-6-2-3-7-19(18)22/h2-3,6-9,15H,4-5,10-14,16H2,1H3. The predicted octanol–water partition coefficient (Wildman–Crippen LogP) is 4.30. The van der Waals surface area contributed by atoms with Gasteiger partial charge in [0.25, 0.3) is 0 Å². The minimum Gasteiger partial charge on any atom is -0.493 e. The van der Waals surface area contributed by atoms with E-state index in [-0.39, 0.29) is 0 Å². The van der Waals surface area contributed by atoms with Crippen LogP contribution in [0.15, 0.2) is 46.9 Å². The van der Waals surface area contributed by atoms with Crippen LogP contribution in [0, 0.1) is 0 Å². The number of methoxy groups -OCH3 is 1. The largest absolute Gasteiger partial charge is 0.493 e. The number of benzene rings is 2. The molecule has 2 aromatic rings. The van der Waals surface area contributed by atoms with E-state index in [0.29, 0.717) is 6.61 Å². The molecule has 0 N–H and O–H groups in total. The van der Waals surface area contributed by atoms with Gasteiger partial charge in [0.2, 0.25) is 0 Å². The first kappa shape index (κ1) is 19.2. The van der Waals surface area contributed by atoms with Crippen molar-refractivity contribution in [3.63, 3.8) is 0 Å². The maximum Gasteiger partial charge on any atom is 0.161 e. The highest BCUT2D eigenvalue weighted by Crippen LogP contribution is 2.30. The van der Waals surface area contributed by atoms with Crippen LogP contribution in [0.4, 0.5) is 0 Å². The van der Waals surface area contributed by atoms with Gasteiger partial charge in [0, 0.05) is 23.1 Å². The molecule has 0 atom stereocenters. The van der Waals surface area contributed by atoms with Gasteiger partial charge in [-0.05, 0) is 43.1 Å². The van der Waals surface area contributed by atoms with Gasteiger partial charge in [-0.25, -0.2) is 0 Å². The summed E-state index contributed by atoms with van der Waals surface area (Å²) in [5, 5.41) is 0. The fourth-order valence-electron chi connectivity index (χ4n) is 3.09. The van der Waals surface area contributed by atoms with E-state index in [1.54, 1.807) is 7.11 Å². The van der Waals surface area contributed by atoms with Crippen LogP contribution in [0.2, 0.25) is 0 Å². The van der Waals surface area contributed by atoms with E-state index in [1.165, 1.54) is 5.56 Å². The molecule has 0 spiro atoms. The molecule has 1 heterocycles. The number of nitrogens with zero attached hydrogens (tertiary/aromatic N) is 1. The van der Waals surface area contributed by atoms with Crippen molar-refractivity contribution < 1.29 is 14.2 Å². The van der Waals surface area contributed by atoms with Crippen LogP contribution in [0.5, 0.6) is 11.5 Å². The molecule has 0 radical (unpaired) electrons. The Bertz CT molecular complexity index is 701. The van der Waals surface area contributed by atoms with Crippen molar-refractivity contribution in [2.75, 3.05) is 40.0 Å². The highest BCUT2D eigenvalue weighted by atomic mass is 79.9. The van der Waals surface area contributed by atoms with Gasteiger partial charge < -0.3 is 14.2 Å². The van der Waals surface area contributed by atoms with Crippen molar-refractivity contribution >= 4 is 15.9 Å². The van der Waals surface area contributed by atoms with Crippen LogP contribution in [-0.4, -0.2) is 44.9 Å². The summed E-state index contributed by atoms with van der Waals surface area (Å²) in [6.45, 7) is 5.44. The summed E-state index contributed by atoms with van der Waals surface area (Å²) in [5.41, 5.74) is 2.40. The van der Waals surface area contributed by atoms with E-state index in [1.807, 2.05) is 24.3 Å². The van der Waals surface area contributed by atoms with Gasteiger partial charge in [-0.15, -0.1) is 0 Å². The van der Waals surface area contributed by atoms with Crippen LogP contribution in [-0.2, 0) is 17.8 Å². The number of halogens is 1. The molecular formula is C21H26BrNO3. The second kappa shape index (κ2) is 9.95. The monoisotopic (exact) mass is 419 g/mol. The van der Waals surface area contributed by atoms with Gasteiger partial charge in [-0.2, -0.15) is 0 Å². The minimum atomic E-state index is 0.508. The summed E-state index contributed by atoms with van der Waals surface area (Å²) in [6, 6.07) is 14.3. The lowest BCUT2D eigenvalue weighted by Gasteiger charge is -2.26. The lowest BCUT2D eigenvalue weighted by Crippen LogP contribution is -2.36. The predicted molar refractivity (Wildman–Crippen MR) is 107 cm³/mol. The number of morpholine rings is 1. The molecule has 1 saturated heterocycles. The molecule has 1 aliphatic rings. The van der Waals surface area contributed by atoms with E-state index in [4.69, 9.17) is 14.2 Å². The van der Waals surface area contributed by atoms with Gasteiger partial charge in [0.15, 0.2) is 11.5 Å². The third kappa shape index (κ3) is 5.47. The molecule has 0 aromatic heterocycles. The summed E-state index contributed by atoms with van der Waals surface area (Å²) in [6.07, 6.45) is 2.18. The molecule has 1 aliphatic heterocycles. The first-order valence-corrected chi connectivity index (χ1v) is 9.89. The molecule has 0 saturated carbocycles. The fraction of sp³-hybridized carbons (Fsp3) is 0.429. The number of hydrogen-bond acceptors (Lipinski definition) is 4. The van der Waals surface area contributed by atoms with Crippen molar-refractivity contribution in [2.45, 2.75) is 19.4 Å². The Balaban J connectivity index is 1.54.